The molecule has 0 amide bonds. The van der Waals surface area contributed by atoms with Crippen LogP contribution >= 0.6 is 11.3 Å². The van der Waals surface area contributed by atoms with Gasteiger partial charge in [0.15, 0.2) is 0 Å². The third-order valence-corrected chi connectivity index (χ3v) is 7.42. The minimum Gasteiger partial charge on any atom is -0.383 e. The molecule has 0 atom stereocenters. The van der Waals surface area contributed by atoms with Crippen LogP contribution in [-0.2, 0) is 35.6 Å². The highest BCUT2D eigenvalue weighted by Crippen LogP contribution is 2.30. The molecule has 0 N–H and O–H groups in total. The smallest absolute Gasteiger partial charge is 0.332 e. The molecule has 1 fully saturated rings. The fourth-order valence-electron chi connectivity index (χ4n) is 4.29. The van der Waals surface area contributed by atoms with Gasteiger partial charge in [-0.3, -0.25) is 13.9 Å². The minimum atomic E-state index is -0.269. The summed E-state index contributed by atoms with van der Waals surface area (Å²) in [4.78, 5) is 28.4. The number of ether oxygens (including phenoxy) is 2. The SMILES string of the molecule is COCCn1c(=O)n(CCc2ccccc2)c(=O)c2c(C)c(COC3CCCC3)sc21. The van der Waals surface area contributed by atoms with Gasteiger partial charge in [0.05, 0.1) is 31.2 Å². The number of aryl methyl sites for hydroxylation is 2. The van der Waals surface area contributed by atoms with Gasteiger partial charge >= 0.3 is 5.69 Å². The van der Waals surface area contributed by atoms with E-state index in [9.17, 15) is 9.59 Å². The van der Waals surface area contributed by atoms with Crippen molar-refractivity contribution in [3.63, 3.8) is 0 Å². The second kappa shape index (κ2) is 9.94. The van der Waals surface area contributed by atoms with Gasteiger partial charge in [-0.1, -0.05) is 43.2 Å². The second-order valence-corrected chi connectivity index (χ2v) is 9.25. The van der Waals surface area contributed by atoms with E-state index in [0.29, 0.717) is 44.2 Å². The average molecular weight is 443 g/mol. The third kappa shape index (κ3) is 4.68. The van der Waals surface area contributed by atoms with Crippen molar-refractivity contribution >= 4 is 21.6 Å². The third-order valence-electron chi connectivity index (χ3n) is 6.13. The van der Waals surface area contributed by atoms with Gasteiger partial charge < -0.3 is 9.47 Å². The first-order valence-corrected chi connectivity index (χ1v) is 11.8. The van der Waals surface area contributed by atoms with E-state index in [-0.39, 0.29) is 11.2 Å². The molecule has 1 aromatic carbocycles. The summed E-state index contributed by atoms with van der Waals surface area (Å²) in [6.45, 7) is 3.66. The molecule has 0 spiro atoms. The van der Waals surface area contributed by atoms with E-state index < -0.39 is 0 Å². The molecule has 1 aliphatic carbocycles. The molecule has 6 nitrogen and oxygen atoms in total. The van der Waals surface area contributed by atoms with Crippen LogP contribution in [0.1, 0.15) is 41.7 Å². The molecule has 0 bridgehead atoms. The van der Waals surface area contributed by atoms with E-state index in [1.54, 1.807) is 11.7 Å². The van der Waals surface area contributed by atoms with Crippen LogP contribution in [0, 0.1) is 6.92 Å². The van der Waals surface area contributed by atoms with Crippen molar-refractivity contribution < 1.29 is 9.47 Å². The number of aromatic nitrogens is 2. The first-order chi connectivity index (χ1) is 15.1. The van der Waals surface area contributed by atoms with E-state index in [2.05, 4.69) is 0 Å². The van der Waals surface area contributed by atoms with Crippen molar-refractivity contribution in [1.29, 1.82) is 0 Å². The summed E-state index contributed by atoms with van der Waals surface area (Å²) in [7, 11) is 1.62. The number of thiophene rings is 1. The molecule has 4 rings (SSSR count). The Morgan fingerprint density at radius 1 is 1.06 bits per heavy atom. The Morgan fingerprint density at radius 3 is 2.52 bits per heavy atom. The van der Waals surface area contributed by atoms with Gasteiger partial charge in [-0.15, -0.1) is 11.3 Å². The first kappa shape index (κ1) is 22.0. The molecule has 2 aromatic heterocycles. The molecule has 7 heteroatoms. The van der Waals surface area contributed by atoms with Crippen molar-refractivity contribution in [2.24, 2.45) is 0 Å². The molecule has 0 unspecified atom stereocenters. The number of hydrogen-bond acceptors (Lipinski definition) is 5. The summed E-state index contributed by atoms with van der Waals surface area (Å²) in [6.07, 6.45) is 5.59. The molecule has 2 heterocycles. The Bertz CT molecular complexity index is 1140. The number of rotatable bonds is 9. The van der Waals surface area contributed by atoms with Crippen molar-refractivity contribution in [3.8, 4) is 0 Å². The summed E-state index contributed by atoms with van der Waals surface area (Å²) in [5, 5.41) is 0.638. The highest BCUT2D eigenvalue weighted by Gasteiger charge is 2.21. The lowest BCUT2D eigenvalue weighted by molar-refractivity contribution is 0.0471. The van der Waals surface area contributed by atoms with Crippen LogP contribution in [0.3, 0.4) is 0 Å². The van der Waals surface area contributed by atoms with Gasteiger partial charge in [-0.05, 0) is 37.3 Å². The van der Waals surface area contributed by atoms with Crippen LogP contribution < -0.4 is 11.2 Å². The fraction of sp³-hybridized carbons (Fsp3) is 0.500. The lowest BCUT2D eigenvalue weighted by atomic mass is 10.1. The Kier molecular flexibility index (Phi) is 7.05. The van der Waals surface area contributed by atoms with Crippen LogP contribution in [-0.4, -0.2) is 29.0 Å². The number of benzene rings is 1. The van der Waals surface area contributed by atoms with Crippen molar-refractivity contribution in [1.82, 2.24) is 9.13 Å². The van der Waals surface area contributed by atoms with Gasteiger partial charge in [-0.2, -0.15) is 0 Å². The number of nitrogens with zero attached hydrogens (tertiary/aromatic N) is 2. The molecule has 31 heavy (non-hydrogen) atoms. The Balaban J connectivity index is 1.72. The molecule has 0 aliphatic heterocycles. The van der Waals surface area contributed by atoms with Crippen LogP contribution in [0.4, 0.5) is 0 Å². The quantitative estimate of drug-likeness (QED) is 0.505. The van der Waals surface area contributed by atoms with Gasteiger partial charge in [0.25, 0.3) is 5.56 Å². The highest BCUT2D eigenvalue weighted by atomic mass is 32.1. The van der Waals surface area contributed by atoms with Crippen LogP contribution in [0.2, 0.25) is 0 Å². The highest BCUT2D eigenvalue weighted by molar-refractivity contribution is 7.18. The Hall–Kier alpha value is -2.22. The molecular weight excluding hydrogens is 412 g/mol. The maximum absolute atomic E-state index is 13.4. The standard InChI is InChI=1S/C24H30N2O4S/c1-17-20(16-30-19-10-6-7-11-19)31-23-21(17)22(27)25(24(28)26(23)14-15-29-2)13-12-18-8-4-3-5-9-18/h3-5,8-9,19H,6-7,10-16H2,1-2H3. The predicted octanol–water partition coefficient (Wildman–Crippen LogP) is 3.88. The summed E-state index contributed by atoms with van der Waals surface area (Å²) in [6, 6.07) is 9.93. The molecule has 166 valence electrons. The van der Waals surface area contributed by atoms with Crippen molar-refractivity contribution in [2.45, 2.75) is 64.8 Å². The van der Waals surface area contributed by atoms with Gasteiger partial charge in [0.1, 0.15) is 4.83 Å². The summed E-state index contributed by atoms with van der Waals surface area (Å²) < 4.78 is 14.4. The molecule has 1 aliphatic rings. The maximum atomic E-state index is 13.4. The van der Waals surface area contributed by atoms with Crippen molar-refractivity contribution in [3.05, 3.63) is 67.2 Å². The zero-order valence-electron chi connectivity index (χ0n) is 18.3. The Labute approximate surface area is 186 Å². The molecular formula is C24H30N2O4S. The summed E-state index contributed by atoms with van der Waals surface area (Å²) in [5.74, 6) is 0. The average Bonchev–Trinajstić information content (AvgIpc) is 3.41. The van der Waals surface area contributed by atoms with Crippen LogP contribution in [0.5, 0.6) is 0 Å². The topological polar surface area (TPSA) is 62.5 Å². The lowest BCUT2D eigenvalue weighted by Crippen LogP contribution is -2.40. The van der Waals surface area contributed by atoms with E-state index in [1.807, 2.05) is 37.3 Å². The van der Waals surface area contributed by atoms with Gasteiger partial charge in [0.2, 0.25) is 0 Å². The number of fused-ring (bicyclic) bond motifs is 1. The summed E-state index contributed by atoms with van der Waals surface area (Å²) >= 11 is 1.50. The number of hydrogen-bond donors (Lipinski definition) is 0. The number of methoxy groups -OCH3 is 1. The maximum Gasteiger partial charge on any atom is 0.332 e. The Morgan fingerprint density at radius 2 is 1.81 bits per heavy atom. The normalized spacial score (nSPS) is 14.6. The zero-order valence-corrected chi connectivity index (χ0v) is 19.1. The predicted molar refractivity (Wildman–Crippen MR) is 124 cm³/mol. The van der Waals surface area contributed by atoms with E-state index in [0.717, 1.165) is 33.7 Å². The van der Waals surface area contributed by atoms with E-state index >= 15 is 0 Å². The van der Waals surface area contributed by atoms with Crippen LogP contribution in [0.15, 0.2) is 39.9 Å². The largest absolute Gasteiger partial charge is 0.383 e. The molecule has 1 saturated carbocycles. The molecule has 0 saturated heterocycles. The van der Waals surface area contributed by atoms with Crippen molar-refractivity contribution in [2.75, 3.05) is 13.7 Å². The summed E-state index contributed by atoms with van der Waals surface area (Å²) in [5.41, 5.74) is 1.56. The zero-order chi connectivity index (χ0) is 21.8. The van der Waals surface area contributed by atoms with E-state index in [4.69, 9.17) is 9.47 Å². The second-order valence-electron chi connectivity index (χ2n) is 8.17. The van der Waals surface area contributed by atoms with E-state index in [1.165, 1.54) is 28.7 Å². The monoisotopic (exact) mass is 442 g/mol. The van der Waals surface area contributed by atoms with Gasteiger partial charge in [0, 0.05) is 18.5 Å². The lowest BCUT2D eigenvalue weighted by Gasteiger charge is -2.12. The first-order valence-electron chi connectivity index (χ1n) is 11.0. The molecule has 0 radical (unpaired) electrons. The van der Waals surface area contributed by atoms with Gasteiger partial charge in [-0.25, -0.2) is 4.79 Å². The minimum absolute atomic E-state index is 0.203. The fourth-order valence-corrected chi connectivity index (χ4v) is 5.53. The molecule has 3 aromatic rings. The van der Waals surface area contributed by atoms with Crippen LogP contribution in [0.25, 0.3) is 10.2 Å².